The predicted molar refractivity (Wildman–Crippen MR) is 83.7 cm³/mol. The van der Waals surface area contributed by atoms with Gasteiger partial charge >= 0.3 is 0 Å². The van der Waals surface area contributed by atoms with Crippen LogP contribution in [0.5, 0.6) is 0 Å². The summed E-state index contributed by atoms with van der Waals surface area (Å²) in [5, 5.41) is 0. The molecule has 0 saturated heterocycles. The zero-order valence-corrected chi connectivity index (χ0v) is 12.4. The topological polar surface area (TPSA) is 0 Å². The lowest BCUT2D eigenvalue weighted by atomic mass is 9.77. The lowest BCUT2D eigenvalue weighted by Gasteiger charge is -2.27. The zero-order chi connectivity index (χ0) is 13.4. The zero-order valence-electron chi connectivity index (χ0n) is 12.4. The molecule has 4 aliphatic rings. The van der Waals surface area contributed by atoms with E-state index in [4.69, 9.17) is 0 Å². The lowest BCUT2D eigenvalue weighted by Crippen LogP contribution is -2.12. The SMILES string of the molecule is CCc1c2c(c(CC)c3c1[C@@H]1C=C[C@H]3C1)[C@H]1C=C[C@@H]2C1. The van der Waals surface area contributed by atoms with E-state index in [1.54, 1.807) is 33.4 Å². The first-order valence-corrected chi connectivity index (χ1v) is 8.41. The summed E-state index contributed by atoms with van der Waals surface area (Å²) in [5.74, 6) is 2.96. The first-order chi connectivity index (χ1) is 9.83. The molecule has 4 bridgehead atoms. The van der Waals surface area contributed by atoms with E-state index < -0.39 is 0 Å². The fourth-order valence-electron chi connectivity index (χ4n) is 5.65. The Kier molecular flexibility index (Phi) is 2.08. The molecule has 0 fully saturated rings. The average Bonchev–Trinajstić information content (AvgIpc) is 3.23. The maximum atomic E-state index is 2.49. The van der Waals surface area contributed by atoms with Gasteiger partial charge < -0.3 is 0 Å². The van der Waals surface area contributed by atoms with E-state index in [2.05, 4.69) is 38.2 Å². The first-order valence-electron chi connectivity index (χ1n) is 8.41. The third kappa shape index (κ3) is 1.12. The Morgan fingerprint density at radius 2 is 0.950 bits per heavy atom. The molecule has 0 heterocycles. The quantitative estimate of drug-likeness (QED) is 0.651. The smallest absolute Gasteiger partial charge is 0.00328 e. The molecule has 0 spiro atoms. The van der Waals surface area contributed by atoms with E-state index in [9.17, 15) is 0 Å². The summed E-state index contributed by atoms with van der Waals surface area (Å²) in [6, 6.07) is 0. The van der Waals surface area contributed by atoms with Crippen LogP contribution in [0.25, 0.3) is 0 Å². The highest BCUT2D eigenvalue weighted by Gasteiger charge is 2.43. The van der Waals surface area contributed by atoms with Gasteiger partial charge in [-0.05, 0) is 59.1 Å². The van der Waals surface area contributed by atoms with Crippen molar-refractivity contribution in [3.8, 4) is 0 Å². The van der Waals surface area contributed by atoms with Gasteiger partial charge in [0.2, 0.25) is 0 Å². The van der Waals surface area contributed by atoms with E-state index in [1.165, 1.54) is 25.7 Å². The number of benzene rings is 1. The van der Waals surface area contributed by atoms with Gasteiger partial charge in [0.05, 0.1) is 0 Å². The Labute approximate surface area is 121 Å². The first kappa shape index (κ1) is 11.4. The third-order valence-corrected chi connectivity index (χ3v) is 6.24. The Morgan fingerprint density at radius 1 is 0.650 bits per heavy atom. The highest BCUT2D eigenvalue weighted by atomic mass is 14.5. The van der Waals surface area contributed by atoms with E-state index in [0.717, 1.165) is 23.7 Å². The van der Waals surface area contributed by atoms with Gasteiger partial charge in [-0.3, -0.25) is 0 Å². The monoisotopic (exact) mass is 262 g/mol. The van der Waals surface area contributed by atoms with Gasteiger partial charge in [-0.25, -0.2) is 0 Å². The molecular weight excluding hydrogens is 240 g/mol. The van der Waals surface area contributed by atoms with Crippen molar-refractivity contribution < 1.29 is 0 Å². The molecule has 0 aromatic heterocycles. The van der Waals surface area contributed by atoms with Crippen LogP contribution in [0.3, 0.4) is 0 Å². The van der Waals surface area contributed by atoms with Crippen molar-refractivity contribution in [2.24, 2.45) is 0 Å². The second-order valence-electron chi connectivity index (χ2n) is 6.99. The maximum Gasteiger partial charge on any atom is 0.00328 e. The molecule has 102 valence electrons. The van der Waals surface area contributed by atoms with Crippen molar-refractivity contribution in [1.29, 1.82) is 0 Å². The van der Waals surface area contributed by atoms with E-state index in [1.807, 2.05) is 0 Å². The molecule has 20 heavy (non-hydrogen) atoms. The normalized spacial score (nSPS) is 34.1. The van der Waals surface area contributed by atoms with Crippen LogP contribution < -0.4 is 0 Å². The van der Waals surface area contributed by atoms with Crippen LogP contribution in [0.15, 0.2) is 24.3 Å². The predicted octanol–water partition coefficient (Wildman–Crippen LogP) is 5.09. The highest BCUT2D eigenvalue weighted by molar-refractivity contribution is 5.66. The van der Waals surface area contributed by atoms with Crippen LogP contribution in [-0.2, 0) is 12.8 Å². The lowest BCUT2D eigenvalue weighted by molar-refractivity contribution is 0.779. The van der Waals surface area contributed by atoms with Gasteiger partial charge in [-0.1, -0.05) is 38.2 Å². The molecule has 0 saturated carbocycles. The summed E-state index contributed by atoms with van der Waals surface area (Å²) in [6.07, 6.45) is 15.1. The molecule has 0 aliphatic heterocycles. The van der Waals surface area contributed by atoms with Gasteiger partial charge in [-0.2, -0.15) is 0 Å². The second-order valence-corrected chi connectivity index (χ2v) is 6.99. The minimum Gasteiger partial charge on any atom is -0.0803 e. The van der Waals surface area contributed by atoms with Crippen LogP contribution in [0.2, 0.25) is 0 Å². The fraction of sp³-hybridized carbons (Fsp3) is 0.500. The third-order valence-electron chi connectivity index (χ3n) is 6.24. The summed E-state index contributed by atoms with van der Waals surface area (Å²) >= 11 is 0. The van der Waals surface area contributed by atoms with Crippen LogP contribution in [0.1, 0.15) is 83.7 Å². The number of rotatable bonds is 2. The summed E-state index contributed by atoms with van der Waals surface area (Å²) in [4.78, 5) is 0. The Morgan fingerprint density at radius 3 is 1.20 bits per heavy atom. The molecule has 1 aromatic rings. The highest BCUT2D eigenvalue weighted by Crippen LogP contribution is 2.59. The Hall–Kier alpha value is -1.30. The van der Waals surface area contributed by atoms with Crippen molar-refractivity contribution in [3.63, 3.8) is 0 Å². The van der Waals surface area contributed by atoms with Crippen LogP contribution in [0, 0.1) is 0 Å². The summed E-state index contributed by atoms with van der Waals surface area (Å²) in [7, 11) is 0. The van der Waals surface area contributed by atoms with Crippen LogP contribution in [0.4, 0.5) is 0 Å². The largest absolute Gasteiger partial charge is 0.0803 e. The van der Waals surface area contributed by atoms with E-state index in [0.29, 0.717) is 0 Å². The van der Waals surface area contributed by atoms with Crippen molar-refractivity contribution in [3.05, 3.63) is 57.7 Å². The van der Waals surface area contributed by atoms with Crippen LogP contribution in [-0.4, -0.2) is 0 Å². The molecule has 4 atom stereocenters. The van der Waals surface area contributed by atoms with Gasteiger partial charge in [0, 0.05) is 23.7 Å². The van der Waals surface area contributed by atoms with Gasteiger partial charge in [0.15, 0.2) is 0 Å². The molecule has 0 N–H and O–H groups in total. The van der Waals surface area contributed by atoms with Crippen LogP contribution >= 0.6 is 0 Å². The van der Waals surface area contributed by atoms with Gasteiger partial charge in [-0.15, -0.1) is 0 Å². The minimum atomic E-state index is 0.739. The average molecular weight is 262 g/mol. The van der Waals surface area contributed by atoms with E-state index >= 15 is 0 Å². The number of hydrogen-bond acceptors (Lipinski definition) is 0. The standard InChI is InChI=1S/C20H22/c1-3-15-17-11-5-7-13(9-11)19(17)16(4-2)20-14-8-6-12(10-14)18(15)20/h5-8,11-14H,3-4,9-10H2,1-2H3/t11-,12-,13+,14+. The minimum absolute atomic E-state index is 0.739. The second kappa shape index (κ2) is 3.67. The molecule has 0 radical (unpaired) electrons. The molecule has 0 nitrogen and oxygen atoms in total. The van der Waals surface area contributed by atoms with Gasteiger partial charge in [0.1, 0.15) is 0 Å². The van der Waals surface area contributed by atoms with Crippen molar-refractivity contribution in [2.45, 2.75) is 63.2 Å². The molecular formula is C20H22. The summed E-state index contributed by atoms with van der Waals surface area (Å²) in [5.41, 5.74) is 10.5. The molecule has 0 heteroatoms. The summed E-state index contributed by atoms with van der Waals surface area (Å²) in [6.45, 7) is 4.74. The number of allylic oxidation sites excluding steroid dienone is 4. The van der Waals surface area contributed by atoms with Crippen molar-refractivity contribution in [2.75, 3.05) is 0 Å². The van der Waals surface area contributed by atoms with Gasteiger partial charge in [0.25, 0.3) is 0 Å². The molecule has 5 rings (SSSR count). The maximum absolute atomic E-state index is 2.49. The molecule has 1 aromatic carbocycles. The number of hydrogen-bond donors (Lipinski definition) is 0. The number of fused-ring (bicyclic) bond motifs is 10. The van der Waals surface area contributed by atoms with Crippen molar-refractivity contribution >= 4 is 0 Å². The van der Waals surface area contributed by atoms with E-state index in [-0.39, 0.29) is 0 Å². The Bertz CT molecular complexity index is 566. The molecule has 0 unspecified atom stereocenters. The molecule has 4 aliphatic carbocycles. The molecule has 0 amide bonds. The Balaban J connectivity index is 1.89. The summed E-state index contributed by atoms with van der Waals surface area (Å²) < 4.78 is 0. The van der Waals surface area contributed by atoms with Crippen molar-refractivity contribution in [1.82, 2.24) is 0 Å². The fourth-order valence-corrected chi connectivity index (χ4v) is 5.65.